The van der Waals surface area contributed by atoms with E-state index in [1.54, 1.807) is 12.1 Å². The number of halogens is 1. The molecule has 0 N–H and O–H groups in total. The number of hydrogen-bond acceptors (Lipinski definition) is 3. The second kappa shape index (κ2) is 6.48. The molecule has 0 unspecified atom stereocenters. The minimum Gasteiger partial charge on any atom is -0.363 e. The van der Waals surface area contributed by atoms with Crippen LogP contribution in [-0.2, 0) is 6.54 Å². The van der Waals surface area contributed by atoms with E-state index in [-0.39, 0.29) is 11.6 Å². The predicted octanol–water partition coefficient (Wildman–Crippen LogP) is 3.76. The maximum absolute atomic E-state index is 14.2. The molecule has 4 heteroatoms. The molecule has 0 bridgehead atoms. The first-order valence-corrected chi connectivity index (χ1v) is 7.00. The Morgan fingerprint density at radius 1 is 1.24 bits per heavy atom. The summed E-state index contributed by atoms with van der Waals surface area (Å²) in [5.41, 5.74) is 2.54. The lowest BCUT2D eigenvalue weighted by atomic mass is 10.1. The van der Waals surface area contributed by atoms with E-state index in [0.717, 1.165) is 11.4 Å². The molecule has 0 atom stereocenters. The molecule has 0 spiro atoms. The number of aromatic nitrogens is 1. The number of carbonyl (C=O) groups is 1. The minimum absolute atomic E-state index is 0.139. The maximum Gasteiger partial charge on any atom is 0.161 e. The summed E-state index contributed by atoms with van der Waals surface area (Å²) in [6.07, 6.45) is 0. The zero-order valence-corrected chi connectivity index (χ0v) is 12.6. The van der Waals surface area contributed by atoms with Crippen LogP contribution in [0, 0.1) is 12.7 Å². The first kappa shape index (κ1) is 15.2. The highest BCUT2D eigenvalue weighted by Crippen LogP contribution is 2.26. The number of aryl methyl sites for hydroxylation is 1. The van der Waals surface area contributed by atoms with Crippen molar-refractivity contribution in [3.63, 3.8) is 0 Å². The summed E-state index contributed by atoms with van der Waals surface area (Å²) in [5, 5.41) is 0. The number of rotatable bonds is 5. The smallest absolute Gasteiger partial charge is 0.161 e. The van der Waals surface area contributed by atoms with Crippen LogP contribution in [-0.4, -0.2) is 17.3 Å². The van der Waals surface area contributed by atoms with Crippen molar-refractivity contribution >= 4 is 11.5 Å². The second-order valence-corrected chi connectivity index (χ2v) is 4.98. The van der Waals surface area contributed by atoms with Crippen molar-refractivity contribution in [2.24, 2.45) is 0 Å². The molecule has 1 heterocycles. The number of Topliss-reactive ketones (excluding diaryl/α,β-unsaturated/α-hetero) is 1. The molecule has 0 fully saturated rings. The monoisotopic (exact) mass is 286 g/mol. The van der Waals surface area contributed by atoms with Gasteiger partial charge in [-0.3, -0.25) is 9.78 Å². The molecule has 21 heavy (non-hydrogen) atoms. The molecule has 0 aliphatic carbocycles. The van der Waals surface area contributed by atoms with Crippen LogP contribution in [0.15, 0.2) is 36.4 Å². The number of ketones is 1. The summed E-state index contributed by atoms with van der Waals surface area (Å²) >= 11 is 0. The van der Waals surface area contributed by atoms with E-state index >= 15 is 0 Å². The van der Waals surface area contributed by atoms with E-state index in [0.29, 0.717) is 24.3 Å². The molecule has 1 aromatic carbocycles. The Balaban J connectivity index is 2.40. The number of benzene rings is 1. The van der Waals surface area contributed by atoms with Gasteiger partial charge in [0.25, 0.3) is 0 Å². The second-order valence-electron chi connectivity index (χ2n) is 4.98. The van der Waals surface area contributed by atoms with Gasteiger partial charge in [-0.25, -0.2) is 4.39 Å². The number of carbonyl (C=O) groups excluding carboxylic acids is 1. The zero-order chi connectivity index (χ0) is 15.4. The van der Waals surface area contributed by atoms with Crippen LogP contribution in [0.2, 0.25) is 0 Å². The van der Waals surface area contributed by atoms with Crippen LogP contribution in [0.4, 0.5) is 10.1 Å². The molecule has 0 saturated carbocycles. The molecule has 1 aromatic heterocycles. The first-order valence-electron chi connectivity index (χ1n) is 7.00. The first-order chi connectivity index (χ1) is 10.0. The number of pyridine rings is 1. The highest BCUT2D eigenvalue weighted by Gasteiger charge is 2.18. The van der Waals surface area contributed by atoms with Crippen molar-refractivity contribution in [3.05, 3.63) is 59.2 Å². The van der Waals surface area contributed by atoms with Crippen molar-refractivity contribution in [3.8, 4) is 0 Å². The number of nitrogens with zero attached hydrogens (tertiary/aromatic N) is 2. The normalized spacial score (nSPS) is 10.5. The van der Waals surface area contributed by atoms with Crippen molar-refractivity contribution in [1.82, 2.24) is 4.98 Å². The van der Waals surface area contributed by atoms with Crippen molar-refractivity contribution in [2.75, 3.05) is 11.4 Å². The molecule has 0 aliphatic rings. The summed E-state index contributed by atoms with van der Waals surface area (Å²) in [7, 11) is 0. The molecule has 0 amide bonds. The molecule has 0 aliphatic heterocycles. The van der Waals surface area contributed by atoms with Gasteiger partial charge in [0.05, 0.1) is 17.9 Å². The molecular weight excluding hydrogens is 267 g/mol. The summed E-state index contributed by atoms with van der Waals surface area (Å²) in [6, 6.07) is 10.4. The third-order valence-corrected chi connectivity index (χ3v) is 3.36. The Hall–Kier alpha value is -2.23. The van der Waals surface area contributed by atoms with Gasteiger partial charge in [0.2, 0.25) is 0 Å². The quantitative estimate of drug-likeness (QED) is 0.785. The fourth-order valence-electron chi connectivity index (χ4n) is 2.35. The van der Waals surface area contributed by atoms with Gasteiger partial charge < -0.3 is 4.90 Å². The molecule has 0 saturated heterocycles. The van der Waals surface area contributed by atoms with Gasteiger partial charge in [-0.1, -0.05) is 12.1 Å². The van der Waals surface area contributed by atoms with Gasteiger partial charge in [0, 0.05) is 17.8 Å². The van der Waals surface area contributed by atoms with E-state index in [4.69, 9.17) is 0 Å². The Labute approximate surface area is 124 Å². The Morgan fingerprint density at radius 2 is 1.95 bits per heavy atom. The summed E-state index contributed by atoms with van der Waals surface area (Å²) < 4.78 is 14.2. The highest BCUT2D eigenvalue weighted by atomic mass is 19.1. The molecule has 110 valence electrons. The van der Waals surface area contributed by atoms with Gasteiger partial charge in [-0.2, -0.15) is 0 Å². The third-order valence-electron chi connectivity index (χ3n) is 3.36. The molecule has 2 aromatic rings. The number of anilines is 1. The van der Waals surface area contributed by atoms with Gasteiger partial charge in [0.15, 0.2) is 5.78 Å². The van der Waals surface area contributed by atoms with Gasteiger partial charge in [-0.15, -0.1) is 0 Å². The van der Waals surface area contributed by atoms with Crippen LogP contribution < -0.4 is 4.90 Å². The minimum atomic E-state index is -0.378. The lowest BCUT2D eigenvalue weighted by molar-refractivity contribution is 0.101. The molecule has 2 rings (SSSR count). The SMILES string of the molecule is CCN(Cc1cccc(C)n1)c1c(F)cccc1C(C)=O. The van der Waals surface area contributed by atoms with Gasteiger partial charge in [-0.05, 0) is 45.0 Å². The standard InChI is InChI=1S/C17H19FN2O/c1-4-20(11-14-8-5-7-12(2)19-14)17-15(13(3)21)9-6-10-16(17)18/h5-10H,4,11H2,1-3H3. The maximum atomic E-state index is 14.2. The summed E-state index contributed by atoms with van der Waals surface area (Å²) in [5.74, 6) is -0.516. The van der Waals surface area contributed by atoms with Crippen LogP contribution in [0.3, 0.4) is 0 Å². The van der Waals surface area contributed by atoms with Crippen molar-refractivity contribution in [2.45, 2.75) is 27.3 Å². The van der Waals surface area contributed by atoms with Crippen LogP contribution >= 0.6 is 0 Å². The third kappa shape index (κ3) is 3.45. The van der Waals surface area contributed by atoms with Crippen molar-refractivity contribution < 1.29 is 9.18 Å². The van der Waals surface area contributed by atoms with Crippen molar-refractivity contribution in [1.29, 1.82) is 0 Å². The summed E-state index contributed by atoms with van der Waals surface area (Å²) in [4.78, 5) is 18.0. The Morgan fingerprint density at radius 3 is 2.57 bits per heavy atom. The Kier molecular flexibility index (Phi) is 4.68. The van der Waals surface area contributed by atoms with Crippen LogP contribution in [0.25, 0.3) is 0 Å². The van der Waals surface area contributed by atoms with E-state index in [9.17, 15) is 9.18 Å². The Bertz CT molecular complexity index is 655. The van der Waals surface area contributed by atoms with E-state index in [1.807, 2.05) is 36.9 Å². The fraction of sp³-hybridized carbons (Fsp3) is 0.294. The molecule has 3 nitrogen and oxygen atoms in total. The lowest BCUT2D eigenvalue weighted by Crippen LogP contribution is -2.25. The topological polar surface area (TPSA) is 33.2 Å². The van der Waals surface area contributed by atoms with Gasteiger partial charge >= 0.3 is 0 Å². The predicted molar refractivity (Wildman–Crippen MR) is 82.1 cm³/mol. The molecule has 0 radical (unpaired) electrons. The van der Waals surface area contributed by atoms with Gasteiger partial charge in [0.1, 0.15) is 5.82 Å². The number of para-hydroxylation sites is 1. The zero-order valence-electron chi connectivity index (χ0n) is 12.6. The van der Waals surface area contributed by atoms with E-state index in [1.165, 1.54) is 13.0 Å². The summed E-state index contributed by atoms with van der Waals surface area (Å²) in [6.45, 7) is 6.38. The van der Waals surface area contributed by atoms with E-state index < -0.39 is 0 Å². The average Bonchev–Trinajstić information content (AvgIpc) is 2.45. The van der Waals surface area contributed by atoms with Crippen LogP contribution in [0.1, 0.15) is 35.6 Å². The molecular formula is C17H19FN2O. The largest absolute Gasteiger partial charge is 0.363 e. The number of hydrogen-bond donors (Lipinski definition) is 0. The fourth-order valence-corrected chi connectivity index (χ4v) is 2.35. The highest BCUT2D eigenvalue weighted by molar-refractivity contribution is 5.99. The lowest BCUT2D eigenvalue weighted by Gasteiger charge is -2.25. The van der Waals surface area contributed by atoms with E-state index in [2.05, 4.69) is 4.98 Å². The van der Waals surface area contributed by atoms with Crippen LogP contribution in [0.5, 0.6) is 0 Å². The average molecular weight is 286 g/mol.